The van der Waals surface area contributed by atoms with Crippen LogP contribution in [0.5, 0.6) is 5.75 Å². The molecular weight excluding hydrogens is 364 g/mol. The van der Waals surface area contributed by atoms with Crippen molar-refractivity contribution in [2.24, 2.45) is 0 Å². The molecular formula is C20H18N2O4S. The van der Waals surface area contributed by atoms with Crippen molar-refractivity contribution in [2.45, 2.75) is 31.7 Å². The van der Waals surface area contributed by atoms with Crippen LogP contribution in [0, 0.1) is 20.8 Å². The lowest BCUT2D eigenvalue weighted by atomic mass is 10.1. The largest absolute Gasteiger partial charge is 0.464 e. The van der Waals surface area contributed by atoms with Gasteiger partial charge in [-0.25, -0.2) is 14.8 Å². The minimum absolute atomic E-state index is 0.139. The third kappa shape index (κ3) is 4.83. The van der Waals surface area contributed by atoms with E-state index in [1.807, 2.05) is 26.0 Å². The second-order valence-electron chi connectivity index (χ2n) is 6.00. The Balaban J connectivity index is 1.69. The molecule has 0 saturated heterocycles. The summed E-state index contributed by atoms with van der Waals surface area (Å²) in [6.45, 7) is 5.60. The first-order chi connectivity index (χ1) is 12.9. The van der Waals surface area contributed by atoms with Crippen molar-refractivity contribution in [3.8, 4) is 5.75 Å². The van der Waals surface area contributed by atoms with Gasteiger partial charge in [0.05, 0.1) is 11.3 Å². The van der Waals surface area contributed by atoms with E-state index in [1.54, 1.807) is 25.1 Å². The molecule has 138 valence electrons. The quantitative estimate of drug-likeness (QED) is 0.376. The van der Waals surface area contributed by atoms with Crippen molar-refractivity contribution in [2.75, 3.05) is 0 Å². The molecule has 0 saturated carbocycles. The maximum absolute atomic E-state index is 12.2. The van der Waals surface area contributed by atoms with Crippen molar-refractivity contribution in [3.63, 3.8) is 0 Å². The van der Waals surface area contributed by atoms with Crippen molar-refractivity contribution >= 4 is 17.7 Å². The molecule has 0 aliphatic carbocycles. The second kappa shape index (κ2) is 8.18. The highest BCUT2D eigenvalue weighted by Gasteiger charge is 2.14. The molecule has 0 aliphatic rings. The predicted molar refractivity (Wildman–Crippen MR) is 102 cm³/mol. The maximum Gasteiger partial charge on any atom is 0.344 e. The summed E-state index contributed by atoms with van der Waals surface area (Å²) in [6.07, 6.45) is 1.16. The topological polar surface area (TPSA) is 82.3 Å². The highest BCUT2D eigenvalue weighted by Crippen LogP contribution is 2.20. The molecule has 2 aromatic heterocycles. The molecule has 7 heteroatoms. The zero-order valence-corrected chi connectivity index (χ0v) is 16.0. The van der Waals surface area contributed by atoms with E-state index >= 15 is 0 Å². The van der Waals surface area contributed by atoms with Crippen molar-refractivity contribution in [1.29, 1.82) is 0 Å². The Hall–Kier alpha value is -2.93. The Bertz CT molecular complexity index is 1030. The second-order valence-corrected chi connectivity index (χ2v) is 6.94. The van der Waals surface area contributed by atoms with Gasteiger partial charge in [0.2, 0.25) is 11.2 Å². The number of carbonyl (C=O) groups excluding carboxylic acids is 1. The molecule has 3 rings (SSSR count). The highest BCUT2D eigenvalue weighted by atomic mass is 32.2. The van der Waals surface area contributed by atoms with Crippen molar-refractivity contribution < 1.29 is 13.9 Å². The molecule has 0 radical (unpaired) electrons. The highest BCUT2D eigenvalue weighted by molar-refractivity contribution is 7.98. The van der Waals surface area contributed by atoms with E-state index in [9.17, 15) is 9.59 Å². The van der Waals surface area contributed by atoms with Gasteiger partial charge in [-0.1, -0.05) is 30.0 Å². The van der Waals surface area contributed by atoms with Crippen LogP contribution in [-0.4, -0.2) is 15.9 Å². The minimum atomic E-state index is -0.592. The number of benzene rings is 1. The number of hydrogen-bond donors (Lipinski definition) is 0. The van der Waals surface area contributed by atoms with E-state index in [2.05, 4.69) is 9.97 Å². The van der Waals surface area contributed by atoms with Gasteiger partial charge in [0, 0.05) is 17.5 Å². The first-order valence-electron chi connectivity index (χ1n) is 8.27. The zero-order valence-electron chi connectivity index (χ0n) is 15.2. The summed E-state index contributed by atoms with van der Waals surface area (Å²) in [6, 6.07) is 10.2. The first-order valence-corrected chi connectivity index (χ1v) is 9.25. The minimum Gasteiger partial charge on any atom is -0.464 e. The van der Waals surface area contributed by atoms with Crippen LogP contribution in [-0.2, 0) is 5.75 Å². The molecule has 0 spiro atoms. The summed E-state index contributed by atoms with van der Waals surface area (Å²) in [5.41, 5.74) is 2.52. The molecule has 0 bridgehead atoms. The van der Waals surface area contributed by atoms with Crippen LogP contribution < -0.4 is 10.2 Å². The molecule has 27 heavy (non-hydrogen) atoms. The van der Waals surface area contributed by atoms with Gasteiger partial charge in [-0.2, -0.15) is 0 Å². The Labute approximate surface area is 160 Å². The van der Waals surface area contributed by atoms with Crippen LogP contribution >= 0.6 is 11.8 Å². The summed E-state index contributed by atoms with van der Waals surface area (Å²) < 4.78 is 10.6. The average molecular weight is 382 g/mol. The SMILES string of the molecule is Cc1cc(C)nc(SCc2cc(=O)c(OC(=O)c3ccccc3C)co2)n1. The molecule has 2 heterocycles. The summed E-state index contributed by atoms with van der Waals surface area (Å²) in [5, 5.41) is 0.616. The number of carbonyl (C=O) groups is 1. The molecule has 0 aliphatic heterocycles. The van der Waals surface area contributed by atoms with E-state index in [0.717, 1.165) is 23.2 Å². The van der Waals surface area contributed by atoms with E-state index < -0.39 is 11.4 Å². The molecule has 0 fully saturated rings. The number of rotatable bonds is 5. The van der Waals surface area contributed by atoms with Crippen LogP contribution in [0.15, 0.2) is 57.0 Å². The third-order valence-electron chi connectivity index (χ3n) is 3.73. The number of nitrogens with zero attached hydrogens (tertiary/aromatic N) is 2. The average Bonchev–Trinajstić information content (AvgIpc) is 2.61. The first kappa shape index (κ1) is 18.8. The van der Waals surface area contributed by atoms with Crippen LogP contribution in [0.25, 0.3) is 0 Å². The fourth-order valence-electron chi connectivity index (χ4n) is 2.44. The Morgan fingerprint density at radius 2 is 1.81 bits per heavy atom. The fraction of sp³-hybridized carbons (Fsp3) is 0.200. The van der Waals surface area contributed by atoms with Gasteiger partial charge in [-0.3, -0.25) is 4.79 Å². The number of esters is 1. The molecule has 0 unspecified atom stereocenters. The lowest BCUT2D eigenvalue weighted by molar-refractivity contribution is 0.0728. The summed E-state index contributed by atoms with van der Waals surface area (Å²) >= 11 is 1.37. The van der Waals surface area contributed by atoms with Crippen molar-refractivity contribution in [3.05, 3.63) is 81.2 Å². The number of hydrogen-bond acceptors (Lipinski definition) is 7. The van der Waals surface area contributed by atoms with Gasteiger partial charge in [0.15, 0.2) is 5.16 Å². The van der Waals surface area contributed by atoms with Gasteiger partial charge in [-0.05, 0) is 38.5 Å². The molecule has 0 amide bonds. The smallest absolute Gasteiger partial charge is 0.344 e. The molecule has 1 aromatic carbocycles. The van der Waals surface area contributed by atoms with Crippen LogP contribution in [0.4, 0.5) is 0 Å². The van der Waals surface area contributed by atoms with Gasteiger partial charge in [-0.15, -0.1) is 0 Å². The lowest BCUT2D eigenvalue weighted by Gasteiger charge is -2.06. The molecule has 0 atom stereocenters. The lowest BCUT2D eigenvalue weighted by Crippen LogP contribution is -2.15. The normalized spacial score (nSPS) is 10.6. The summed E-state index contributed by atoms with van der Waals surface area (Å²) in [5.74, 6) is 0.110. The number of aromatic nitrogens is 2. The fourth-order valence-corrected chi connectivity index (χ4v) is 3.28. The zero-order chi connectivity index (χ0) is 19.4. The van der Waals surface area contributed by atoms with Crippen molar-refractivity contribution in [1.82, 2.24) is 9.97 Å². The maximum atomic E-state index is 12.2. The standard InChI is InChI=1S/C20H18N2O4S/c1-12-6-4-5-7-16(12)19(24)26-18-10-25-15(9-17(18)23)11-27-20-21-13(2)8-14(3)22-20/h4-10H,11H2,1-3H3. The van der Waals surface area contributed by atoms with Gasteiger partial charge in [0.1, 0.15) is 12.0 Å². The summed E-state index contributed by atoms with van der Waals surface area (Å²) in [4.78, 5) is 33.1. The molecule has 6 nitrogen and oxygen atoms in total. The Kier molecular flexibility index (Phi) is 5.71. The van der Waals surface area contributed by atoms with E-state index in [1.165, 1.54) is 17.8 Å². The molecule has 3 aromatic rings. The third-order valence-corrected chi connectivity index (χ3v) is 4.59. The molecule has 0 N–H and O–H groups in total. The van der Waals surface area contributed by atoms with Crippen LogP contribution in [0.1, 0.15) is 33.1 Å². The van der Waals surface area contributed by atoms with Gasteiger partial charge in [0.25, 0.3) is 0 Å². The van der Waals surface area contributed by atoms with Crippen LogP contribution in [0.3, 0.4) is 0 Å². The Morgan fingerprint density at radius 1 is 1.11 bits per heavy atom. The van der Waals surface area contributed by atoms with E-state index in [0.29, 0.717) is 22.2 Å². The van der Waals surface area contributed by atoms with E-state index in [4.69, 9.17) is 9.15 Å². The van der Waals surface area contributed by atoms with Gasteiger partial charge < -0.3 is 9.15 Å². The van der Waals surface area contributed by atoms with Gasteiger partial charge >= 0.3 is 5.97 Å². The van der Waals surface area contributed by atoms with Crippen LogP contribution in [0.2, 0.25) is 0 Å². The number of thioether (sulfide) groups is 1. The van der Waals surface area contributed by atoms with E-state index in [-0.39, 0.29) is 5.75 Å². The summed E-state index contributed by atoms with van der Waals surface area (Å²) in [7, 11) is 0. The number of ether oxygens (including phenoxy) is 1. The Morgan fingerprint density at radius 3 is 2.48 bits per heavy atom. The number of aryl methyl sites for hydroxylation is 3. The predicted octanol–water partition coefficient (Wildman–Crippen LogP) is 3.87. The monoisotopic (exact) mass is 382 g/mol.